The maximum atomic E-state index is 12.8. The number of thiophene rings is 1. The molecule has 11 heteroatoms. The van der Waals surface area contributed by atoms with Gasteiger partial charge in [0.1, 0.15) is 15.6 Å². The molecule has 9 nitrogen and oxygen atoms in total. The lowest BCUT2D eigenvalue weighted by atomic mass is 10.0. The van der Waals surface area contributed by atoms with Crippen LogP contribution >= 0.6 is 22.9 Å². The Labute approximate surface area is 198 Å². The molecule has 0 aliphatic heterocycles. The molecule has 3 aromatic rings. The molecule has 0 spiro atoms. The Balaban J connectivity index is 2.02. The molecular formula is C22H19ClN2O7S. The number of carbonyl (C=O) groups excluding carboxylic acids is 2. The van der Waals surface area contributed by atoms with Gasteiger partial charge in [-0.3, -0.25) is 14.9 Å². The lowest BCUT2D eigenvalue weighted by Crippen LogP contribution is -2.15. The van der Waals surface area contributed by atoms with Crippen LogP contribution in [0, 0.1) is 10.1 Å². The maximum Gasteiger partial charge on any atom is 0.341 e. The Kier molecular flexibility index (Phi) is 7.52. The first-order valence-corrected chi connectivity index (χ1v) is 10.8. The Bertz CT molecular complexity index is 1230. The summed E-state index contributed by atoms with van der Waals surface area (Å²) in [4.78, 5) is 36.0. The van der Waals surface area contributed by atoms with Crippen molar-refractivity contribution in [1.29, 1.82) is 0 Å². The monoisotopic (exact) mass is 490 g/mol. The van der Waals surface area contributed by atoms with Crippen LogP contribution in [0.4, 0.5) is 10.7 Å². The first kappa shape index (κ1) is 24.0. The van der Waals surface area contributed by atoms with E-state index in [1.165, 1.54) is 26.4 Å². The summed E-state index contributed by atoms with van der Waals surface area (Å²) in [6, 6.07) is 8.86. The lowest BCUT2D eigenvalue weighted by Gasteiger charge is -2.11. The summed E-state index contributed by atoms with van der Waals surface area (Å²) in [5.41, 5.74) is 0.950. The van der Waals surface area contributed by atoms with Crippen molar-refractivity contribution in [3.05, 3.63) is 68.0 Å². The fourth-order valence-corrected chi connectivity index (χ4v) is 4.18. The number of anilines is 1. The molecule has 172 valence electrons. The Morgan fingerprint density at radius 1 is 1.12 bits per heavy atom. The number of nitro benzene ring substituents is 1. The number of hydrogen-bond donors (Lipinski definition) is 1. The SMILES string of the molecule is CCOC(=O)c1c(-c2ccc(OC)c(OC)c2)csc1NC(=O)c1ccc(Cl)c([N+](=O)[O-])c1. The zero-order valence-corrected chi connectivity index (χ0v) is 19.4. The van der Waals surface area contributed by atoms with Gasteiger partial charge in [-0.1, -0.05) is 17.7 Å². The average Bonchev–Trinajstić information content (AvgIpc) is 3.22. The van der Waals surface area contributed by atoms with E-state index in [-0.39, 0.29) is 27.8 Å². The van der Waals surface area contributed by atoms with Crippen molar-refractivity contribution >= 4 is 45.5 Å². The standard InChI is InChI=1S/C22H19ClN2O7S/c1-4-32-22(27)19-14(12-6-8-17(30-2)18(10-12)31-3)11-33-21(19)24-20(26)13-5-7-15(23)16(9-13)25(28)29/h5-11H,4H2,1-3H3,(H,24,26). The average molecular weight is 491 g/mol. The second-order valence-corrected chi connectivity index (χ2v) is 7.81. The number of esters is 1. The Morgan fingerprint density at radius 2 is 1.85 bits per heavy atom. The summed E-state index contributed by atoms with van der Waals surface area (Å²) in [5, 5.41) is 15.6. The normalized spacial score (nSPS) is 10.4. The number of hydrogen-bond acceptors (Lipinski definition) is 8. The number of benzene rings is 2. The molecule has 1 N–H and O–H groups in total. The number of ether oxygens (including phenoxy) is 3. The summed E-state index contributed by atoms with van der Waals surface area (Å²) in [6.45, 7) is 1.81. The molecule has 0 aliphatic carbocycles. The van der Waals surface area contributed by atoms with Gasteiger partial charge in [0.15, 0.2) is 11.5 Å². The van der Waals surface area contributed by atoms with E-state index >= 15 is 0 Å². The molecule has 1 aromatic heterocycles. The quantitative estimate of drug-likeness (QED) is 0.254. The van der Waals surface area contributed by atoms with Gasteiger partial charge in [-0.2, -0.15) is 0 Å². The summed E-state index contributed by atoms with van der Waals surface area (Å²) >= 11 is 6.94. The van der Waals surface area contributed by atoms with E-state index in [2.05, 4.69) is 5.32 Å². The molecule has 0 saturated carbocycles. The third kappa shape index (κ3) is 5.07. The van der Waals surface area contributed by atoms with Crippen molar-refractivity contribution in [2.24, 2.45) is 0 Å². The van der Waals surface area contributed by atoms with Crippen LogP contribution in [-0.4, -0.2) is 37.6 Å². The van der Waals surface area contributed by atoms with Crippen molar-refractivity contribution in [3.8, 4) is 22.6 Å². The molecule has 0 fully saturated rings. The first-order chi connectivity index (χ1) is 15.8. The van der Waals surface area contributed by atoms with Gasteiger partial charge in [0.2, 0.25) is 0 Å². The first-order valence-electron chi connectivity index (χ1n) is 9.57. The van der Waals surface area contributed by atoms with E-state index in [9.17, 15) is 19.7 Å². The van der Waals surface area contributed by atoms with Crippen LogP contribution in [0.25, 0.3) is 11.1 Å². The van der Waals surface area contributed by atoms with Gasteiger partial charge >= 0.3 is 5.97 Å². The van der Waals surface area contributed by atoms with Crippen LogP contribution in [-0.2, 0) is 4.74 Å². The third-order valence-corrected chi connectivity index (χ3v) is 5.81. The van der Waals surface area contributed by atoms with Crippen LogP contribution in [0.5, 0.6) is 11.5 Å². The van der Waals surface area contributed by atoms with E-state index in [1.54, 1.807) is 30.5 Å². The minimum Gasteiger partial charge on any atom is -0.493 e. The zero-order chi connectivity index (χ0) is 24.1. The molecule has 0 aliphatic rings. The molecule has 3 rings (SSSR count). The fraction of sp³-hybridized carbons (Fsp3) is 0.182. The van der Waals surface area contributed by atoms with E-state index in [1.807, 2.05) is 0 Å². The molecule has 0 radical (unpaired) electrons. The number of amides is 1. The molecule has 0 saturated heterocycles. The summed E-state index contributed by atoms with van der Waals surface area (Å²) in [5.74, 6) is -0.274. The largest absolute Gasteiger partial charge is 0.493 e. The minimum absolute atomic E-state index is 0.0157. The predicted octanol–water partition coefficient (Wildman–Crippen LogP) is 5.42. The van der Waals surface area contributed by atoms with Crippen LogP contribution in [0.15, 0.2) is 41.8 Å². The van der Waals surface area contributed by atoms with Gasteiger partial charge < -0.3 is 19.5 Å². The van der Waals surface area contributed by atoms with E-state index < -0.39 is 22.5 Å². The van der Waals surface area contributed by atoms with Crippen LogP contribution < -0.4 is 14.8 Å². The number of methoxy groups -OCH3 is 2. The van der Waals surface area contributed by atoms with E-state index in [4.69, 9.17) is 25.8 Å². The molecule has 2 aromatic carbocycles. The topological polar surface area (TPSA) is 117 Å². The van der Waals surface area contributed by atoms with E-state index in [0.29, 0.717) is 22.6 Å². The lowest BCUT2D eigenvalue weighted by molar-refractivity contribution is -0.384. The third-order valence-electron chi connectivity index (χ3n) is 4.60. The zero-order valence-electron chi connectivity index (χ0n) is 17.8. The summed E-state index contributed by atoms with van der Waals surface area (Å²) in [6.07, 6.45) is 0. The van der Waals surface area contributed by atoms with Gasteiger partial charge in [-0.05, 0) is 36.8 Å². The van der Waals surface area contributed by atoms with Crippen LogP contribution in [0.2, 0.25) is 5.02 Å². The highest BCUT2D eigenvalue weighted by Gasteiger charge is 2.25. The summed E-state index contributed by atoms with van der Waals surface area (Å²) in [7, 11) is 3.01. The second kappa shape index (κ2) is 10.3. The minimum atomic E-state index is -0.677. The van der Waals surface area contributed by atoms with Crippen molar-refractivity contribution < 1.29 is 28.7 Å². The number of rotatable bonds is 8. The highest BCUT2D eigenvalue weighted by Crippen LogP contribution is 2.40. The molecule has 0 bridgehead atoms. The Hall–Kier alpha value is -3.63. The van der Waals surface area contributed by atoms with Gasteiger partial charge in [-0.15, -0.1) is 11.3 Å². The smallest absolute Gasteiger partial charge is 0.341 e. The summed E-state index contributed by atoms with van der Waals surface area (Å²) < 4.78 is 15.8. The van der Waals surface area contributed by atoms with Crippen molar-refractivity contribution in [2.45, 2.75) is 6.92 Å². The number of nitro groups is 1. The molecule has 0 atom stereocenters. The van der Waals surface area contributed by atoms with Crippen LogP contribution in [0.1, 0.15) is 27.6 Å². The maximum absolute atomic E-state index is 12.8. The molecule has 33 heavy (non-hydrogen) atoms. The Morgan fingerprint density at radius 3 is 2.48 bits per heavy atom. The molecular weight excluding hydrogens is 472 g/mol. The number of carbonyl (C=O) groups is 2. The van der Waals surface area contributed by atoms with Crippen LogP contribution in [0.3, 0.4) is 0 Å². The second-order valence-electron chi connectivity index (χ2n) is 6.52. The van der Waals surface area contributed by atoms with Crippen molar-refractivity contribution in [3.63, 3.8) is 0 Å². The highest BCUT2D eigenvalue weighted by molar-refractivity contribution is 7.15. The number of nitrogens with one attached hydrogen (secondary N) is 1. The molecule has 1 amide bonds. The predicted molar refractivity (Wildman–Crippen MR) is 125 cm³/mol. The van der Waals surface area contributed by atoms with Crippen molar-refractivity contribution in [2.75, 3.05) is 26.1 Å². The molecule has 1 heterocycles. The highest BCUT2D eigenvalue weighted by atomic mass is 35.5. The van der Waals surface area contributed by atoms with Gasteiger partial charge in [-0.25, -0.2) is 4.79 Å². The number of halogens is 1. The fourth-order valence-electron chi connectivity index (χ4n) is 3.04. The number of nitrogens with zero attached hydrogens (tertiary/aromatic N) is 1. The molecule has 0 unspecified atom stereocenters. The van der Waals surface area contributed by atoms with E-state index in [0.717, 1.165) is 17.4 Å². The van der Waals surface area contributed by atoms with Gasteiger partial charge in [0, 0.05) is 22.6 Å². The van der Waals surface area contributed by atoms with Crippen molar-refractivity contribution in [1.82, 2.24) is 0 Å². The van der Waals surface area contributed by atoms with Gasteiger partial charge in [0.25, 0.3) is 11.6 Å². The van der Waals surface area contributed by atoms with Gasteiger partial charge in [0.05, 0.1) is 25.7 Å².